The van der Waals surface area contributed by atoms with Crippen LogP contribution in [0.2, 0.25) is 0 Å². The second-order valence-corrected chi connectivity index (χ2v) is 6.80. The third kappa shape index (κ3) is 2.92. The first-order chi connectivity index (χ1) is 12.1. The van der Waals surface area contributed by atoms with Gasteiger partial charge in [0, 0.05) is 23.3 Å². The van der Waals surface area contributed by atoms with Crippen LogP contribution in [0.3, 0.4) is 0 Å². The Kier molecular flexibility index (Phi) is 3.82. The molecule has 0 atom stereocenters. The number of fused-ring (bicyclic) bond motifs is 1. The molecular formula is C19H16N4OS. The van der Waals surface area contributed by atoms with E-state index in [9.17, 15) is 4.79 Å². The Hall–Kier alpha value is -2.99. The van der Waals surface area contributed by atoms with Crippen molar-refractivity contribution < 1.29 is 4.79 Å². The predicted molar refractivity (Wildman–Crippen MR) is 100 cm³/mol. The van der Waals surface area contributed by atoms with Crippen LogP contribution in [0.1, 0.15) is 21.6 Å². The van der Waals surface area contributed by atoms with Gasteiger partial charge in [0.1, 0.15) is 17.0 Å². The molecule has 0 unspecified atom stereocenters. The Morgan fingerprint density at radius 3 is 2.56 bits per heavy atom. The molecule has 0 fully saturated rings. The summed E-state index contributed by atoms with van der Waals surface area (Å²) < 4.78 is 1.84. The van der Waals surface area contributed by atoms with E-state index in [4.69, 9.17) is 0 Å². The van der Waals surface area contributed by atoms with Gasteiger partial charge in [0.05, 0.1) is 0 Å². The van der Waals surface area contributed by atoms with E-state index < -0.39 is 0 Å². The lowest BCUT2D eigenvalue weighted by atomic mass is 10.1. The first-order valence-electron chi connectivity index (χ1n) is 7.88. The van der Waals surface area contributed by atoms with E-state index in [0.717, 1.165) is 22.3 Å². The second-order valence-electron chi connectivity index (χ2n) is 5.90. The van der Waals surface area contributed by atoms with E-state index in [-0.39, 0.29) is 5.91 Å². The molecule has 1 amide bonds. The highest BCUT2D eigenvalue weighted by Gasteiger charge is 2.21. The predicted octanol–water partition coefficient (Wildman–Crippen LogP) is 4.33. The summed E-state index contributed by atoms with van der Waals surface area (Å²) in [6.07, 6.45) is 3.59. The van der Waals surface area contributed by atoms with Crippen LogP contribution in [0.25, 0.3) is 16.9 Å². The van der Waals surface area contributed by atoms with Crippen molar-refractivity contribution in [1.29, 1.82) is 0 Å². The molecule has 1 aromatic carbocycles. The van der Waals surface area contributed by atoms with Crippen molar-refractivity contribution in [3.63, 3.8) is 0 Å². The lowest BCUT2D eigenvalue weighted by Gasteiger charge is -2.06. The third-order valence-electron chi connectivity index (χ3n) is 3.96. The SMILES string of the molecule is Cc1ccc(-c2nc3ccc(C)cn3c2C(=O)Nc2nccs2)cc1. The molecular weight excluding hydrogens is 332 g/mol. The van der Waals surface area contributed by atoms with Crippen molar-refractivity contribution in [2.24, 2.45) is 0 Å². The molecule has 4 aromatic rings. The zero-order valence-electron chi connectivity index (χ0n) is 13.9. The van der Waals surface area contributed by atoms with E-state index in [1.165, 1.54) is 11.3 Å². The molecule has 0 saturated heterocycles. The molecule has 6 heteroatoms. The van der Waals surface area contributed by atoms with Crippen LogP contribution in [0.15, 0.2) is 54.2 Å². The van der Waals surface area contributed by atoms with E-state index in [1.807, 2.05) is 66.2 Å². The Balaban J connectivity index is 1.89. The Labute approximate surface area is 149 Å². The molecule has 0 aliphatic heterocycles. The maximum atomic E-state index is 13.0. The minimum Gasteiger partial charge on any atom is -0.296 e. The Morgan fingerprint density at radius 1 is 1.08 bits per heavy atom. The number of benzene rings is 1. The molecule has 4 rings (SSSR count). The van der Waals surface area contributed by atoms with E-state index in [2.05, 4.69) is 15.3 Å². The summed E-state index contributed by atoms with van der Waals surface area (Å²) >= 11 is 1.39. The highest BCUT2D eigenvalue weighted by Crippen LogP contribution is 2.26. The van der Waals surface area contributed by atoms with Gasteiger partial charge in [0.25, 0.3) is 5.91 Å². The minimum absolute atomic E-state index is 0.219. The van der Waals surface area contributed by atoms with Crippen LogP contribution in [0, 0.1) is 13.8 Å². The van der Waals surface area contributed by atoms with Crippen LogP contribution in [-0.4, -0.2) is 20.3 Å². The first kappa shape index (κ1) is 15.5. The summed E-state index contributed by atoms with van der Waals surface area (Å²) in [7, 11) is 0. The monoisotopic (exact) mass is 348 g/mol. The third-order valence-corrected chi connectivity index (χ3v) is 4.65. The molecule has 3 heterocycles. The summed E-state index contributed by atoms with van der Waals surface area (Å²) in [6.45, 7) is 4.03. The molecule has 124 valence electrons. The summed E-state index contributed by atoms with van der Waals surface area (Å²) in [6, 6.07) is 11.9. The summed E-state index contributed by atoms with van der Waals surface area (Å²) in [5.74, 6) is -0.219. The van der Waals surface area contributed by atoms with Gasteiger partial charge in [-0.05, 0) is 25.5 Å². The highest BCUT2D eigenvalue weighted by atomic mass is 32.1. The fourth-order valence-corrected chi connectivity index (χ4v) is 3.25. The molecule has 0 saturated carbocycles. The lowest BCUT2D eigenvalue weighted by molar-refractivity contribution is 0.102. The van der Waals surface area contributed by atoms with Gasteiger partial charge in [-0.3, -0.25) is 14.5 Å². The van der Waals surface area contributed by atoms with Crippen molar-refractivity contribution in [3.8, 4) is 11.3 Å². The molecule has 5 nitrogen and oxygen atoms in total. The van der Waals surface area contributed by atoms with Gasteiger partial charge in [-0.2, -0.15) is 0 Å². The van der Waals surface area contributed by atoms with Crippen LogP contribution < -0.4 is 5.32 Å². The van der Waals surface area contributed by atoms with Crippen LogP contribution in [-0.2, 0) is 0 Å². The summed E-state index contributed by atoms with van der Waals surface area (Å²) in [4.78, 5) is 21.8. The summed E-state index contributed by atoms with van der Waals surface area (Å²) in [5.41, 5.74) is 5.06. The van der Waals surface area contributed by atoms with E-state index in [0.29, 0.717) is 16.5 Å². The van der Waals surface area contributed by atoms with Crippen molar-refractivity contribution in [2.75, 3.05) is 5.32 Å². The van der Waals surface area contributed by atoms with E-state index >= 15 is 0 Å². The van der Waals surface area contributed by atoms with Gasteiger partial charge in [-0.1, -0.05) is 35.9 Å². The van der Waals surface area contributed by atoms with Crippen molar-refractivity contribution in [3.05, 3.63) is 71.0 Å². The fourth-order valence-electron chi connectivity index (χ4n) is 2.72. The minimum atomic E-state index is -0.219. The number of hydrogen-bond acceptors (Lipinski definition) is 4. The number of rotatable bonds is 3. The van der Waals surface area contributed by atoms with Gasteiger partial charge >= 0.3 is 0 Å². The topological polar surface area (TPSA) is 59.3 Å². The van der Waals surface area contributed by atoms with Crippen molar-refractivity contribution >= 4 is 28.0 Å². The average molecular weight is 348 g/mol. The maximum Gasteiger partial charge on any atom is 0.276 e. The number of hydrogen-bond donors (Lipinski definition) is 1. The summed E-state index contributed by atoms with van der Waals surface area (Å²) in [5, 5.41) is 5.27. The Morgan fingerprint density at radius 2 is 1.84 bits per heavy atom. The van der Waals surface area contributed by atoms with Crippen molar-refractivity contribution in [1.82, 2.24) is 14.4 Å². The number of imidazole rings is 1. The molecule has 0 bridgehead atoms. The molecule has 0 aliphatic rings. The molecule has 0 aliphatic carbocycles. The normalized spacial score (nSPS) is 11.0. The van der Waals surface area contributed by atoms with Crippen molar-refractivity contribution in [2.45, 2.75) is 13.8 Å². The highest BCUT2D eigenvalue weighted by molar-refractivity contribution is 7.13. The first-order valence-corrected chi connectivity index (χ1v) is 8.76. The number of pyridine rings is 1. The Bertz CT molecular complexity index is 1050. The fraction of sp³-hybridized carbons (Fsp3) is 0.105. The number of anilines is 1. The van der Waals surface area contributed by atoms with Gasteiger partial charge in [0.15, 0.2) is 5.13 Å². The van der Waals surface area contributed by atoms with E-state index in [1.54, 1.807) is 6.20 Å². The van der Waals surface area contributed by atoms with Crippen LogP contribution in [0.5, 0.6) is 0 Å². The number of nitrogens with zero attached hydrogens (tertiary/aromatic N) is 3. The zero-order valence-corrected chi connectivity index (χ0v) is 14.7. The van der Waals surface area contributed by atoms with Gasteiger partial charge in [-0.15, -0.1) is 11.3 Å². The quantitative estimate of drug-likeness (QED) is 0.599. The van der Waals surface area contributed by atoms with Gasteiger partial charge in [0.2, 0.25) is 0 Å². The lowest BCUT2D eigenvalue weighted by Crippen LogP contribution is -2.15. The number of aromatic nitrogens is 3. The standard InChI is InChI=1S/C19H16N4OS/c1-12-3-6-14(7-4-12)16-17(18(24)22-19-20-9-10-25-19)23-11-13(2)5-8-15(23)21-16/h3-11H,1-2H3,(H,20,22,24). The van der Waals surface area contributed by atoms with Gasteiger partial charge < -0.3 is 0 Å². The maximum absolute atomic E-state index is 13.0. The molecule has 0 spiro atoms. The number of carbonyl (C=O) groups is 1. The van der Waals surface area contributed by atoms with Gasteiger partial charge in [-0.25, -0.2) is 9.97 Å². The van der Waals surface area contributed by atoms with Crippen LogP contribution >= 0.6 is 11.3 Å². The molecule has 0 radical (unpaired) electrons. The molecule has 25 heavy (non-hydrogen) atoms. The molecule has 1 N–H and O–H groups in total. The largest absolute Gasteiger partial charge is 0.296 e. The van der Waals surface area contributed by atoms with Crippen LogP contribution in [0.4, 0.5) is 5.13 Å². The number of thiazole rings is 1. The smallest absolute Gasteiger partial charge is 0.276 e. The second kappa shape index (κ2) is 6.14. The molecule has 3 aromatic heterocycles. The number of nitrogens with one attached hydrogen (secondary N) is 1. The average Bonchev–Trinajstić information content (AvgIpc) is 3.22. The number of aryl methyl sites for hydroxylation is 2. The number of amides is 1. The zero-order chi connectivity index (χ0) is 17.4. The number of carbonyl (C=O) groups excluding carboxylic acids is 1.